The smallest absolute Gasteiger partial charge is 0.407 e. The van der Waals surface area contributed by atoms with Crippen LogP contribution >= 0.6 is 0 Å². The van der Waals surface area contributed by atoms with E-state index in [2.05, 4.69) is 10.1 Å². The third kappa shape index (κ3) is 3.54. The zero-order valence-corrected chi connectivity index (χ0v) is 7.44. The van der Waals surface area contributed by atoms with E-state index >= 15 is 0 Å². The summed E-state index contributed by atoms with van der Waals surface area (Å²) in [7, 11) is 1.22. The molecular formula is C7H15NO4. The van der Waals surface area contributed by atoms with Crippen LogP contribution in [0.5, 0.6) is 0 Å². The summed E-state index contributed by atoms with van der Waals surface area (Å²) >= 11 is 0. The van der Waals surface area contributed by atoms with Crippen molar-refractivity contribution in [1.82, 2.24) is 5.32 Å². The molecule has 72 valence electrons. The Hall–Kier alpha value is -0.810. The van der Waals surface area contributed by atoms with E-state index in [-0.39, 0.29) is 5.92 Å². The first-order chi connectivity index (χ1) is 5.49. The van der Waals surface area contributed by atoms with E-state index < -0.39 is 18.4 Å². The number of aliphatic hydroxyl groups excluding tert-OH is 1. The highest BCUT2D eigenvalue weighted by Crippen LogP contribution is 2.04. The van der Waals surface area contributed by atoms with E-state index in [1.807, 2.05) is 0 Å². The van der Waals surface area contributed by atoms with E-state index in [0.717, 1.165) is 0 Å². The molecule has 0 spiro atoms. The number of ether oxygens (including phenoxy) is 1. The number of aliphatic hydroxyl groups is 2. The maximum Gasteiger partial charge on any atom is 0.407 e. The minimum Gasteiger partial charge on any atom is -0.453 e. The van der Waals surface area contributed by atoms with Crippen LogP contribution in [-0.2, 0) is 4.74 Å². The molecule has 12 heavy (non-hydrogen) atoms. The second-order valence-electron chi connectivity index (χ2n) is 2.82. The number of carbonyl (C=O) groups is 1. The van der Waals surface area contributed by atoms with Crippen LogP contribution in [0.1, 0.15) is 13.8 Å². The lowest BCUT2D eigenvalue weighted by atomic mass is 10.0. The number of amides is 1. The maximum absolute atomic E-state index is 10.7. The lowest BCUT2D eigenvalue weighted by Crippen LogP contribution is -2.46. The lowest BCUT2D eigenvalue weighted by molar-refractivity contribution is -0.0759. The molecule has 0 bridgehead atoms. The fourth-order valence-electron chi connectivity index (χ4n) is 0.780. The Morgan fingerprint density at radius 1 is 1.42 bits per heavy atom. The molecule has 0 saturated heterocycles. The molecule has 0 aliphatic heterocycles. The summed E-state index contributed by atoms with van der Waals surface area (Å²) in [4.78, 5) is 10.7. The van der Waals surface area contributed by atoms with Gasteiger partial charge in [0.05, 0.1) is 13.2 Å². The number of methoxy groups -OCH3 is 1. The van der Waals surface area contributed by atoms with Gasteiger partial charge in [0.15, 0.2) is 6.29 Å². The highest BCUT2D eigenvalue weighted by molar-refractivity contribution is 5.67. The highest BCUT2D eigenvalue weighted by Gasteiger charge is 2.22. The van der Waals surface area contributed by atoms with Gasteiger partial charge in [-0.3, -0.25) is 0 Å². The molecule has 5 nitrogen and oxygen atoms in total. The van der Waals surface area contributed by atoms with Gasteiger partial charge in [0.1, 0.15) is 0 Å². The normalized spacial score (nSPS) is 13.2. The third-order valence-corrected chi connectivity index (χ3v) is 1.51. The van der Waals surface area contributed by atoms with Crippen LogP contribution in [0.2, 0.25) is 0 Å². The van der Waals surface area contributed by atoms with Crippen molar-refractivity contribution in [2.45, 2.75) is 26.2 Å². The van der Waals surface area contributed by atoms with Gasteiger partial charge in [0.25, 0.3) is 0 Å². The molecular weight excluding hydrogens is 162 g/mol. The summed E-state index contributed by atoms with van der Waals surface area (Å²) < 4.78 is 4.31. The van der Waals surface area contributed by atoms with Crippen LogP contribution in [-0.4, -0.2) is 35.7 Å². The van der Waals surface area contributed by atoms with Crippen molar-refractivity contribution in [3.05, 3.63) is 0 Å². The predicted octanol–water partition coefficient (Wildman–Crippen LogP) is -0.322. The molecule has 0 aliphatic carbocycles. The monoisotopic (exact) mass is 177 g/mol. The first-order valence-electron chi connectivity index (χ1n) is 3.69. The van der Waals surface area contributed by atoms with Gasteiger partial charge >= 0.3 is 6.09 Å². The van der Waals surface area contributed by atoms with Crippen molar-refractivity contribution < 1.29 is 19.7 Å². The molecule has 0 aromatic heterocycles. The fourth-order valence-corrected chi connectivity index (χ4v) is 0.780. The average Bonchev–Trinajstić information content (AvgIpc) is 1.98. The zero-order chi connectivity index (χ0) is 9.72. The zero-order valence-electron chi connectivity index (χ0n) is 7.44. The second-order valence-corrected chi connectivity index (χ2v) is 2.82. The standard InChI is InChI=1S/C7H15NO4/c1-4(2)5(6(9)10)8-7(11)12-3/h4-6,9-10H,1-3H3,(H,8,11)/t5-/m0/s1. The van der Waals surface area contributed by atoms with Gasteiger partial charge in [0.2, 0.25) is 0 Å². The van der Waals surface area contributed by atoms with Gasteiger partial charge in [-0.1, -0.05) is 13.8 Å². The molecule has 1 atom stereocenters. The molecule has 0 heterocycles. The number of carbonyl (C=O) groups excluding carboxylic acids is 1. The van der Waals surface area contributed by atoms with Crippen LogP contribution in [0.4, 0.5) is 4.79 Å². The van der Waals surface area contributed by atoms with Crippen molar-refractivity contribution >= 4 is 6.09 Å². The van der Waals surface area contributed by atoms with Crippen molar-refractivity contribution in [2.75, 3.05) is 7.11 Å². The minimum absolute atomic E-state index is 0.0656. The van der Waals surface area contributed by atoms with Crippen molar-refractivity contribution in [1.29, 1.82) is 0 Å². The number of hydrogen-bond acceptors (Lipinski definition) is 4. The van der Waals surface area contributed by atoms with Crippen molar-refractivity contribution in [3.8, 4) is 0 Å². The summed E-state index contributed by atoms with van der Waals surface area (Å²) in [5.41, 5.74) is 0. The largest absolute Gasteiger partial charge is 0.453 e. The van der Waals surface area contributed by atoms with Crippen LogP contribution < -0.4 is 5.32 Å². The van der Waals surface area contributed by atoms with E-state index in [1.165, 1.54) is 7.11 Å². The van der Waals surface area contributed by atoms with Gasteiger partial charge in [-0.25, -0.2) is 4.79 Å². The topological polar surface area (TPSA) is 78.8 Å². The molecule has 3 N–H and O–H groups in total. The molecule has 0 rings (SSSR count). The number of alkyl carbamates (subject to hydrolysis) is 1. The SMILES string of the molecule is COC(=O)N[C@@H](C(C)C)C(O)O. The predicted molar refractivity (Wildman–Crippen MR) is 42.4 cm³/mol. The average molecular weight is 177 g/mol. The van der Waals surface area contributed by atoms with Gasteiger partial charge in [-0.15, -0.1) is 0 Å². The van der Waals surface area contributed by atoms with E-state index in [0.29, 0.717) is 0 Å². The molecule has 0 saturated carbocycles. The van der Waals surface area contributed by atoms with Crippen LogP contribution in [0.25, 0.3) is 0 Å². The molecule has 1 amide bonds. The van der Waals surface area contributed by atoms with Crippen LogP contribution in [0, 0.1) is 5.92 Å². The quantitative estimate of drug-likeness (QED) is 0.516. The Bertz CT molecular complexity index is 138. The summed E-state index contributed by atoms with van der Waals surface area (Å²) in [6.45, 7) is 3.53. The van der Waals surface area contributed by atoms with Gasteiger partial charge in [0, 0.05) is 0 Å². The maximum atomic E-state index is 10.7. The number of hydrogen-bond donors (Lipinski definition) is 3. The van der Waals surface area contributed by atoms with Gasteiger partial charge in [-0.05, 0) is 5.92 Å². The molecule has 0 aromatic carbocycles. The van der Waals surface area contributed by atoms with Crippen LogP contribution in [0.3, 0.4) is 0 Å². The first kappa shape index (κ1) is 11.2. The summed E-state index contributed by atoms with van der Waals surface area (Å²) in [5, 5.41) is 19.9. The molecule has 0 radical (unpaired) electrons. The van der Waals surface area contributed by atoms with E-state index in [1.54, 1.807) is 13.8 Å². The third-order valence-electron chi connectivity index (χ3n) is 1.51. The highest BCUT2D eigenvalue weighted by atomic mass is 16.5. The van der Waals surface area contributed by atoms with E-state index in [4.69, 9.17) is 10.2 Å². The Morgan fingerprint density at radius 2 is 1.92 bits per heavy atom. The number of nitrogens with one attached hydrogen (secondary N) is 1. The summed E-state index contributed by atoms with van der Waals surface area (Å²) in [5.74, 6) is -0.0656. The molecule has 0 aliphatic rings. The number of rotatable bonds is 3. The van der Waals surface area contributed by atoms with Crippen molar-refractivity contribution in [2.24, 2.45) is 5.92 Å². The Labute approximate surface area is 71.3 Å². The second kappa shape index (κ2) is 4.95. The van der Waals surface area contributed by atoms with Crippen molar-refractivity contribution in [3.63, 3.8) is 0 Å². The first-order valence-corrected chi connectivity index (χ1v) is 3.69. The molecule has 0 fully saturated rings. The van der Waals surface area contributed by atoms with E-state index in [9.17, 15) is 4.79 Å². The Morgan fingerprint density at radius 3 is 2.17 bits per heavy atom. The Balaban J connectivity index is 4.05. The lowest BCUT2D eigenvalue weighted by Gasteiger charge is -2.22. The Kier molecular flexibility index (Phi) is 4.61. The van der Waals surface area contributed by atoms with Gasteiger partial charge in [-0.2, -0.15) is 0 Å². The van der Waals surface area contributed by atoms with Gasteiger partial charge < -0.3 is 20.3 Å². The minimum atomic E-state index is -1.57. The summed E-state index contributed by atoms with van der Waals surface area (Å²) in [6.07, 6.45) is -2.23. The fraction of sp³-hybridized carbons (Fsp3) is 0.857. The summed E-state index contributed by atoms with van der Waals surface area (Å²) in [6, 6.07) is -0.697. The molecule has 5 heteroatoms. The molecule has 0 aromatic rings. The molecule has 0 unspecified atom stereocenters. The van der Waals surface area contributed by atoms with Crippen LogP contribution in [0.15, 0.2) is 0 Å².